The van der Waals surface area contributed by atoms with Crippen LogP contribution in [0.2, 0.25) is 0 Å². The van der Waals surface area contributed by atoms with Crippen LogP contribution in [0.25, 0.3) is 0 Å². The fraction of sp³-hybridized carbons (Fsp3) is 0.231. The molecule has 2 aromatic rings. The summed E-state index contributed by atoms with van der Waals surface area (Å²) in [7, 11) is 0. The minimum atomic E-state index is -1.45. The van der Waals surface area contributed by atoms with Gasteiger partial charge in [-0.15, -0.1) is 0 Å². The molecule has 1 heterocycles. The molecule has 0 spiro atoms. The molecule has 1 N–H and O–H groups in total. The standard InChI is InChI=1S/C13H13F3N2/c1-2-18-5-3-4-10(18)8-17-9-6-11(14)13(16)12(15)7-9/h3-7,17H,2,8H2,1H3. The van der Waals surface area contributed by atoms with Crippen LogP contribution in [0.4, 0.5) is 18.9 Å². The summed E-state index contributed by atoms with van der Waals surface area (Å²) in [6.07, 6.45) is 1.92. The molecule has 0 aliphatic heterocycles. The van der Waals surface area contributed by atoms with E-state index in [0.717, 1.165) is 24.4 Å². The lowest BCUT2D eigenvalue weighted by Crippen LogP contribution is -2.06. The van der Waals surface area contributed by atoms with Gasteiger partial charge in [-0.3, -0.25) is 0 Å². The Morgan fingerprint density at radius 3 is 2.44 bits per heavy atom. The van der Waals surface area contributed by atoms with Gasteiger partial charge in [-0.2, -0.15) is 0 Å². The molecule has 1 aromatic carbocycles. The zero-order valence-corrected chi connectivity index (χ0v) is 9.88. The predicted octanol–water partition coefficient (Wildman–Crippen LogP) is 3.54. The summed E-state index contributed by atoms with van der Waals surface area (Å²) < 4.78 is 40.7. The molecular weight excluding hydrogens is 241 g/mol. The first-order valence-corrected chi connectivity index (χ1v) is 5.64. The second-order valence-electron chi connectivity index (χ2n) is 3.89. The highest BCUT2D eigenvalue weighted by molar-refractivity contribution is 5.44. The van der Waals surface area contributed by atoms with E-state index in [9.17, 15) is 13.2 Å². The van der Waals surface area contributed by atoms with Crippen LogP contribution in [0.15, 0.2) is 30.5 Å². The second-order valence-corrected chi connectivity index (χ2v) is 3.89. The average molecular weight is 254 g/mol. The lowest BCUT2D eigenvalue weighted by Gasteiger charge is -2.09. The van der Waals surface area contributed by atoms with Crippen LogP contribution in [0, 0.1) is 17.5 Å². The molecule has 0 saturated heterocycles. The van der Waals surface area contributed by atoms with E-state index in [2.05, 4.69) is 5.32 Å². The van der Waals surface area contributed by atoms with Gasteiger partial charge >= 0.3 is 0 Å². The molecule has 5 heteroatoms. The molecule has 1 aromatic heterocycles. The summed E-state index contributed by atoms with van der Waals surface area (Å²) in [4.78, 5) is 0. The number of hydrogen-bond donors (Lipinski definition) is 1. The number of rotatable bonds is 4. The number of nitrogens with one attached hydrogen (secondary N) is 1. The minimum absolute atomic E-state index is 0.218. The summed E-state index contributed by atoms with van der Waals surface area (Å²) in [6, 6.07) is 5.69. The molecule has 0 bridgehead atoms. The molecular formula is C13H13F3N2. The number of aromatic nitrogens is 1. The largest absolute Gasteiger partial charge is 0.379 e. The Balaban J connectivity index is 2.11. The van der Waals surface area contributed by atoms with Gasteiger partial charge in [0, 0.05) is 36.3 Å². The van der Waals surface area contributed by atoms with Crippen molar-refractivity contribution in [3.8, 4) is 0 Å². The van der Waals surface area contributed by atoms with Crippen LogP contribution in [0.5, 0.6) is 0 Å². The summed E-state index contributed by atoms with van der Waals surface area (Å²) in [5.74, 6) is -3.83. The van der Waals surface area contributed by atoms with Crippen molar-refractivity contribution in [2.24, 2.45) is 0 Å². The predicted molar refractivity (Wildman–Crippen MR) is 63.7 cm³/mol. The number of aryl methyl sites for hydroxylation is 1. The van der Waals surface area contributed by atoms with Crippen molar-refractivity contribution >= 4 is 5.69 Å². The van der Waals surface area contributed by atoms with Crippen LogP contribution in [-0.2, 0) is 13.1 Å². The van der Waals surface area contributed by atoms with Gasteiger partial charge in [-0.05, 0) is 19.1 Å². The normalized spacial score (nSPS) is 10.7. The van der Waals surface area contributed by atoms with Gasteiger partial charge in [0.1, 0.15) is 0 Å². The van der Waals surface area contributed by atoms with Crippen molar-refractivity contribution in [1.29, 1.82) is 0 Å². The molecule has 2 nitrogen and oxygen atoms in total. The van der Waals surface area contributed by atoms with Gasteiger partial charge in [-0.1, -0.05) is 0 Å². The quantitative estimate of drug-likeness (QED) is 0.826. The Kier molecular flexibility index (Phi) is 3.60. The topological polar surface area (TPSA) is 17.0 Å². The molecule has 0 saturated carbocycles. The Morgan fingerprint density at radius 1 is 1.17 bits per heavy atom. The Hall–Kier alpha value is -1.91. The third kappa shape index (κ3) is 2.50. The van der Waals surface area contributed by atoms with Crippen molar-refractivity contribution in [2.45, 2.75) is 20.0 Å². The molecule has 0 unspecified atom stereocenters. The van der Waals surface area contributed by atoms with E-state index in [4.69, 9.17) is 0 Å². The maximum Gasteiger partial charge on any atom is 0.194 e. The highest BCUT2D eigenvalue weighted by atomic mass is 19.2. The molecule has 96 valence electrons. The van der Waals surface area contributed by atoms with E-state index in [-0.39, 0.29) is 5.69 Å². The molecule has 18 heavy (non-hydrogen) atoms. The number of anilines is 1. The van der Waals surface area contributed by atoms with Crippen molar-refractivity contribution in [3.63, 3.8) is 0 Å². The van der Waals surface area contributed by atoms with E-state index in [0.29, 0.717) is 6.54 Å². The maximum atomic E-state index is 13.0. The van der Waals surface area contributed by atoms with Gasteiger partial charge in [0.2, 0.25) is 0 Å². The Morgan fingerprint density at radius 2 is 1.83 bits per heavy atom. The molecule has 0 radical (unpaired) electrons. The highest BCUT2D eigenvalue weighted by Gasteiger charge is 2.10. The smallest absolute Gasteiger partial charge is 0.194 e. The fourth-order valence-corrected chi connectivity index (χ4v) is 1.77. The van der Waals surface area contributed by atoms with E-state index >= 15 is 0 Å². The molecule has 0 aliphatic rings. The summed E-state index contributed by atoms with van der Waals surface area (Å²) >= 11 is 0. The van der Waals surface area contributed by atoms with Crippen molar-refractivity contribution in [3.05, 3.63) is 53.6 Å². The van der Waals surface area contributed by atoms with Crippen LogP contribution in [0.3, 0.4) is 0 Å². The summed E-state index contributed by atoms with van der Waals surface area (Å²) in [6.45, 7) is 3.24. The van der Waals surface area contributed by atoms with E-state index in [1.807, 2.05) is 29.8 Å². The third-order valence-corrected chi connectivity index (χ3v) is 2.72. The van der Waals surface area contributed by atoms with E-state index in [1.165, 1.54) is 0 Å². The van der Waals surface area contributed by atoms with Gasteiger partial charge in [0.05, 0.1) is 6.54 Å². The second kappa shape index (κ2) is 5.16. The Labute approximate surface area is 103 Å². The number of halogens is 3. The van der Waals surface area contributed by atoms with E-state index < -0.39 is 17.5 Å². The van der Waals surface area contributed by atoms with Crippen LogP contribution < -0.4 is 5.32 Å². The monoisotopic (exact) mass is 254 g/mol. The first-order valence-electron chi connectivity index (χ1n) is 5.64. The number of benzene rings is 1. The van der Waals surface area contributed by atoms with Crippen molar-refractivity contribution < 1.29 is 13.2 Å². The SMILES string of the molecule is CCn1cccc1CNc1cc(F)c(F)c(F)c1. The molecule has 0 fully saturated rings. The average Bonchev–Trinajstić information content (AvgIpc) is 2.80. The summed E-state index contributed by atoms with van der Waals surface area (Å²) in [5, 5.41) is 2.86. The molecule has 0 aliphatic carbocycles. The van der Waals surface area contributed by atoms with Gasteiger partial charge in [0.25, 0.3) is 0 Å². The molecule has 0 amide bonds. The fourth-order valence-electron chi connectivity index (χ4n) is 1.77. The van der Waals surface area contributed by atoms with E-state index in [1.54, 1.807) is 0 Å². The first-order chi connectivity index (χ1) is 8.61. The highest BCUT2D eigenvalue weighted by Crippen LogP contribution is 2.18. The van der Waals surface area contributed by atoms with Gasteiger partial charge < -0.3 is 9.88 Å². The third-order valence-electron chi connectivity index (χ3n) is 2.72. The number of nitrogens with zero attached hydrogens (tertiary/aromatic N) is 1. The molecule has 2 rings (SSSR count). The summed E-state index contributed by atoms with van der Waals surface area (Å²) in [5.41, 5.74) is 1.21. The first kappa shape index (κ1) is 12.5. The molecule has 0 atom stereocenters. The number of hydrogen-bond acceptors (Lipinski definition) is 1. The maximum absolute atomic E-state index is 13.0. The Bertz CT molecular complexity index is 526. The zero-order valence-electron chi connectivity index (χ0n) is 9.88. The van der Waals surface area contributed by atoms with Crippen LogP contribution >= 0.6 is 0 Å². The zero-order chi connectivity index (χ0) is 13.1. The van der Waals surface area contributed by atoms with Crippen molar-refractivity contribution in [1.82, 2.24) is 4.57 Å². The van der Waals surface area contributed by atoms with Crippen molar-refractivity contribution in [2.75, 3.05) is 5.32 Å². The van der Waals surface area contributed by atoms with Gasteiger partial charge in [-0.25, -0.2) is 13.2 Å². The lowest BCUT2D eigenvalue weighted by atomic mass is 10.2. The van der Waals surface area contributed by atoms with Crippen LogP contribution in [-0.4, -0.2) is 4.57 Å². The minimum Gasteiger partial charge on any atom is -0.379 e. The van der Waals surface area contributed by atoms with Crippen LogP contribution in [0.1, 0.15) is 12.6 Å². The van der Waals surface area contributed by atoms with Gasteiger partial charge in [0.15, 0.2) is 17.5 Å². The lowest BCUT2D eigenvalue weighted by molar-refractivity contribution is 0.447.